The van der Waals surface area contributed by atoms with E-state index in [1.54, 1.807) is 36.0 Å². The van der Waals surface area contributed by atoms with Gasteiger partial charge in [0.25, 0.3) is 5.91 Å². The number of rotatable bonds is 5. The smallest absolute Gasteiger partial charge is 0.252 e. The average Bonchev–Trinajstić information content (AvgIpc) is 2.46. The van der Waals surface area contributed by atoms with Gasteiger partial charge in [-0.3, -0.25) is 4.79 Å². The number of amides is 1. The second-order valence-electron chi connectivity index (χ2n) is 4.94. The predicted molar refractivity (Wildman–Crippen MR) is 85.0 cm³/mol. The normalized spacial score (nSPS) is 10.7. The molecule has 0 aliphatic carbocycles. The topological polar surface area (TPSA) is 29.1 Å². The number of thioether (sulfide) groups is 1. The number of halogens is 1. The molecule has 0 atom stereocenters. The van der Waals surface area contributed by atoms with Crippen LogP contribution in [-0.2, 0) is 6.54 Å². The van der Waals surface area contributed by atoms with Crippen molar-refractivity contribution < 1.29 is 9.18 Å². The van der Waals surface area contributed by atoms with E-state index in [1.165, 1.54) is 6.07 Å². The van der Waals surface area contributed by atoms with E-state index >= 15 is 0 Å². The Morgan fingerprint density at radius 2 is 1.81 bits per heavy atom. The number of carbonyl (C=O) groups excluding carboxylic acids is 1. The molecule has 1 amide bonds. The molecule has 2 aromatic carbocycles. The van der Waals surface area contributed by atoms with Gasteiger partial charge in [0.2, 0.25) is 0 Å². The summed E-state index contributed by atoms with van der Waals surface area (Å²) in [7, 11) is 0. The summed E-state index contributed by atoms with van der Waals surface area (Å²) in [6.45, 7) is 4.35. The lowest BCUT2D eigenvalue weighted by Gasteiger charge is -2.11. The summed E-state index contributed by atoms with van der Waals surface area (Å²) in [5, 5.41) is 3.17. The summed E-state index contributed by atoms with van der Waals surface area (Å²) >= 11 is 1.64. The molecule has 2 rings (SSSR count). The fourth-order valence-corrected chi connectivity index (χ4v) is 2.88. The molecule has 0 fully saturated rings. The third kappa shape index (κ3) is 4.33. The van der Waals surface area contributed by atoms with Gasteiger partial charge in [-0.25, -0.2) is 4.39 Å². The summed E-state index contributed by atoms with van der Waals surface area (Å²) in [4.78, 5) is 13.2. The van der Waals surface area contributed by atoms with Crippen LogP contribution in [0.2, 0.25) is 0 Å². The molecule has 0 unspecified atom stereocenters. The molecule has 1 N–H and O–H groups in total. The second kappa shape index (κ2) is 7.27. The molecule has 0 bridgehead atoms. The molecule has 0 aromatic heterocycles. The maximum Gasteiger partial charge on any atom is 0.252 e. The van der Waals surface area contributed by atoms with Crippen LogP contribution in [-0.4, -0.2) is 11.2 Å². The first-order valence-corrected chi connectivity index (χ1v) is 7.73. The Kier molecular flexibility index (Phi) is 5.39. The molecule has 2 nitrogen and oxygen atoms in total. The van der Waals surface area contributed by atoms with Gasteiger partial charge in [0.05, 0.1) is 5.56 Å². The van der Waals surface area contributed by atoms with E-state index < -0.39 is 0 Å². The first-order valence-electron chi connectivity index (χ1n) is 6.85. The predicted octanol–water partition coefficient (Wildman–Crippen LogP) is 4.26. The monoisotopic (exact) mass is 303 g/mol. The maximum absolute atomic E-state index is 13.5. The van der Waals surface area contributed by atoms with Gasteiger partial charge >= 0.3 is 0 Å². The highest BCUT2D eigenvalue weighted by Crippen LogP contribution is 2.26. The van der Waals surface area contributed by atoms with Gasteiger partial charge in [0.1, 0.15) is 5.82 Å². The molecular formula is C17H18FNOS. The third-order valence-corrected chi connectivity index (χ3v) is 3.97. The molecule has 2 aromatic rings. The first-order chi connectivity index (χ1) is 10.1. The summed E-state index contributed by atoms with van der Waals surface area (Å²) < 4.78 is 13.5. The average molecular weight is 303 g/mol. The van der Waals surface area contributed by atoms with Crippen molar-refractivity contribution >= 4 is 17.7 Å². The van der Waals surface area contributed by atoms with Crippen LogP contribution in [0.5, 0.6) is 0 Å². The second-order valence-corrected chi connectivity index (χ2v) is 6.56. The zero-order valence-electron chi connectivity index (χ0n) is 12.1. The largest absolute Gasteiger partial charge is 0.348 e. The molecule has 21 heavy (non-hydrogen) atoms. The van der Waals surface area contributed by atoms with Crippen molar-refractivity contribution in [1.82, 2.24) is 5.32 Å². The lowest BCUT2D eigenvalue weighted by atomic mass is 10.2. The van der Waals surface area contributed by atoms with Gasteiger partial charge in [0.15, 0.2) is 0 Å². The van der Waals surface area contributed by atoms with Crippen molar-refractivity contribution in [2.45, 2.75) is 30.5 Å². The third-order valence-electron chi connectivity index (χ3n) is 2.89. The maximum atomic E-state index is 13.5. The van der Waals surface area contributed by atoms with Gasteiger partial charge in [-0.2, -0.15) is 0 Å². The van der Waals surface area contributed by atoms with Crippen LogP contribution < -0.4 is 5.32 Å². The molecule has 0 saturated heterocycles. The Morgan fingerprint density at radius 3 is 2.52 bits per heavy atom. The Bertz CT molecular complexity index is 628. The summed E-state index contributed by atoms with van der Waals surface area (Å²) in [5.41, 5.74) is 1.12. The standard InChI is InChI=1S/C17H18FNOS/c1-12(2)21-16-10-6-4-8-14(16)17(20)19-11-13-7-3-5-9-15(13)18/h3-10,12H,11H2,1-2H3,(H,19,20). The molecule has 0 heterocycles. The van der Waals surface area contributed by atoms with Crippen LogP contribution in [0.25, 0.3) is 0 Å². The quantitative estimate of drug-likeness (QED) is 0.836. The zero-order chi connectivity index (χ0) is 15.2. The van der Waals surface area contributed by atoms with Crippen LogP contribution in [0, 0.1) is 5.82 Å². The lowest BCUT2D eigenvalue weighted by molar-refractivity contribution is 0.0947. The molecule has 0 aliphatic rings. The van der Waals surface area contributed by atoms with Crippen molar-refractivity contribution in [2.75, 3.05) is 0 Å². The van der Waals surface area contributed by atoms with Gasteiger partial charge in [-0.1, -0.05) is 44.2 Å². The number of carbonyl (C=O) groups is 1. The van der Waals surface area contributed by atoms with E-state index in [9.17, 15) is 9.18 Å². The Morgan fingerprint density at radius 1 is 1.14 bits per heavy atom. The molecule has 110 valence electrons. The van der Waals surface area contributed by atoms with Crippen molar-refractivity contribution in [3.8, 4) is 0 Å². The fourth-order valence-electron chi connectivity index (χ4n) is 1.92. The minimum absolute atomic E-state index is 0.179. The Balaban J connectivity index is 2.09. The first kappa shape index (κ1) is 15.6. The Labute approximate surface area is 128 Å². The minimum atomic E-state index is -0.303. The van der Waals surface area contributed by atoms with Crippen LogP contribution >= 0.6 is 11.8 Å². The highest BCUT2D eigenvalue weighted by molar-refractivity contribution is 8.00. The van der Waals surface area contributed by atoms with Gasteiger partial charge < -0.3 is 5.32 Å². The van der Waals surface area contributed by atoms with E-state index in [4.69, 9.17) is 0 Å². The SMILES string of the molecule is CC(C)Sc1ccccc1C(=O)NCc1ccccc1F. The van der Waals surface area contributed by atoms with E-state index in [1.807, 2.05) is 18.2 Å². The number of hydrogen-bond acceptors (Lipinski definition) is 2. The summed E-state index contributed by atoms with van der Waals surface area (Å²) in [6, 6.07) is 13.9. The number of benzene rings is 2. The highest BCUT2D eigenvalue weighted by atomic mass is 32.2. The van der Waals surface area contributed by atoms with Gasteiger partial charge in [0, 0.05) is 22.3 Å². The molecule has 0 spiro atoms. The molecule has 0 aliphatic heterocycles. The number of nitrogens with one attached hydrogen (secondary N) is 1. The minimum Gasteiger partial charge on any atom is -0.348 e. The lowest BCUT2D eigenvalue weighted by Crippen LogP contribution is -2.24. The van der Waals surface area contributed by atoms with E-state index in [-0.39, 0.29) is 18.3 Å². The van der Waals surface area contributed by atoms with Crippen LogP contribution in [0.1, 0.15) is 29.8 Å². The van der Waals surface area contributed by atoms with Crippen molar-refractivity contribution in [3.63, 3.8) is 0 Å². The molecule has 0 saturated carbocycles. The van der Waals surface area contributed by atoms with E-state index in [0.717, 1.165) is 4.90 Å². The van der Waals surface area contributed by atoms with Crippen LogP contribution in [0.15, 0.2) is 53.4 Å². The van der Waals surface area contributed by atoms with E-state index in [0.29, 0.717) is 16.4 Å². The van der Waals surface area contributed by atoms with Crippen LogP contribution in [0.4, 0.5) is 4.39 Å². The van der Waals surface area contributed by atoms with E-state index in [2.05, 4.69) is 19.2 Å². The van der Waals surface area contributed by atoms with Crippen molar-refractivity contribution in [1.29, 1.82) is 0 Å². The zero-order valence-corrected chi connectivity index (χ0v) is 12.9. The van der Waals surface area contributed by atoms with Gasteiger partial charge in [-0.05, 0) is 18.2 Å². The summed E-state index contributed by atoms with van der Waals surface area (Å²) in [6.07, 6.45) is 0. The van der Waals surface area contributed by atoms with Crippen molar-refractivity contribution in [3.05, 3.63) is 65.5 Å². The molecule has 4 heteroatoms. The fraction of sp³-hybridized carbons (Fsp3) is 0.235. The highest BCUT2D eigenvalue weighted by Gasteiger charge is 2.12. The van der Waals surface area contributed by atoms with Gasteiger partial charge in [-0.15, -0.1) is 11.8 Å². The summed E-state index contributed by atoms with van der Waals surface area (Å²) in [5.74, 6) is -0.482. The van der Waals surface area contributed by atoms with Crippen molar-refractivity contribution in [2.24, 2.45) is 0 Å². The Hall–Kier alpha value is -1.81. The molecule has 0 radical (unpaired) electrons. The molecular weight excluding hydrogens is 285 g/mol. The number of hydrogen-bond donors (Lipinski definition) is 1. The van der Waals surface area contributed by atoms with Crippen LogP contribution in [0.3, 0.4) is 0 Å².